The number of benzene rings is 1. The third-order valence-corrected chi connectivity index (χ3v) is 4.78. The zero-order chi connectivity index (χ0) is 14.7. The second-order valence-corrected chi connectivity index (χ2v) is 6.06. The average molecular weight is 287 g/mol. The van der Waals surface area contributed by atoms with Gasteiger partial charge in [0.05, 0.1) is 0 Å². The fourth-order valence-corrected chi connectivity index (χ4v) is 3.52. The molecule has 2 aliphatic rings. The summed E-state index contributed by atoms with van der Waals surface area (Å²) < 4.78 is 0. The first kappa shape index (κ1) is 14.4. The Bertz CT molecular complexity index is 503. The molecule has 0 aromatic heterocycles. The standard InChI is InChI=1S/C17H25N3O/c1-2-20-11-5-7-14(20)12-18-17(21)16-10-9-13-6-3-4-8-15(13)19-16/h3-4,6,8,14,16,19H,2,5,7,9-12H2,1H3,(H,18,21). The van der Waals surface area contributed by atoms with Crippen molar-refractivity contribution in [3.63, 3.8) is 0 Å². The fraction of sp³-hybridized carbons (Fsp3) is 0.588. The number of fused-ring (bicyclic) bond motifs is 1. The Morgan fingerprint density at radius 2 is 2.24 bits per heavy atom. The summed E-state index contributed by atoms with van der Waals surface area (Å²) in [4.78, 5) is 14.8. The highest BCUT2D eigenvalue weighted by Gasteiger charge is 2.26. The normalized spacial score (nSPS) is 25.2. The van der Waals surface area contributed by atoms with Crippen LogP contribution in [0.2, 0.25) is 0 Å². The molecule has 2 N–H and O–H groups in total. The van der Waals surface area contributed by atoms with Crippen molar-refractivity contribution in [1.82, 2.24) is 10.2 Å². The van der Waals surface area contributed by atoms with Crippen LogP contribution in [0.1, 0.15) is 31.7 Å². The molecule has 0 saturated carbocycles. The molecule has 2 unspecified atom stereocenters. The molecule has 1 amide bonds. The maximum Gasteiger partial charge on any atom is 0.242 e. The van der Waals surface area contributed by atoms with Gasteiger partial charge in [-0.25, -0.2) is 0 Å². The Morgan fingerprint density at radius 1 is 1.38 bits per heavy atom. The summed E-state index contributed by atoms with van der Waals surface area (Å²) in [6, 6.07) is 8.70. The van der Waals surface area contributed by atoms with E-state index < -0.39 is 0 Å². The number of hydrogen-bond donors (Lipinski definition) is 2. The lowest BCUT2D eigenvalue weighted by molar-refractivity contribution is -0.122. The predicted octanol–water partition coefficient (Wildman–Crippen LogP) is 2.01. The number of nitrogens with zero attached hydrogens (tertiary/aromatic N) is 1. The highest BCUT2D eigenvalue weighted by Crippen LogP contribution is 2.24. The van der Waals surface area contributed by atoms with Crippen LogP contribution in [0, 0.1) is 0 Å². The number of carbonyl (C=O) groups excluding carboxylic acids is 1. The minimum absolute atomic E-state index is 0.0867. The molecule has 2 aliphatic heterocycles. The number of anilines is 1. The molecule has 1 aromatic rings. The Labute approximate surface area is 126 Å². The summed E-state index contributed by atoms with van der Waals surface area (Å²) in [7, 11) is 0. The first-order valence-electron chi connectivity index (χ1n) is 8.14. The summed E-state index contributed by atoms with van der Waals surface area (Å²) in [5, 5.41) is 6.52. The maximum atomic E-state index is 12.4. The predicted molar refractivity (Wildman–Crippen MR) is 85.5 cm³/mol. The van der Waals surface area contributed by atoms with E-state index in [1.54, 1.807) is 0 Å². The van der Waals surface area contributed by atoms with Crippen LogP contribution in [0.25, 0.3) is 0 Å². The summed E-state index contributed by atoms with van der Waals surface area (Å²) in [5.41, 5.74) is 2.43. The van der Waals surface area contributed by atoms with E-state index in [4.69, 9.17) is 0 Å². The zero-order valence-corrected chi connectivity index (χ0v) is 12.8. The van der Waals surface area contributed by atoms with Crippen molar-refractivity contribution in [2.24, 2.45) is 0 Å². The van der Waals surface area contributed by atoms with E-state index in [0.29, 0.717) is 6.04 Å². The molecule has 3 rings (SSSR count). The van der Waals surface area contributed by atoms with E-state index in [9.17, 15) is 4.79 Å². The van der Waals surface area contributed by atoms with Crippen LogP contribution in [-0.2, 0) is 11.2 Å². The molecule has 2 heterocycles. The van der Waals surface area contributed by atoms with Crippen molar-refractivity contribution in [3.8, 4) is 0 Å². The van der Waals surface area contributed by atoms with Gasteiger partial charge in [0.2, 0.25) is 5.91 Å². The van der Waals surface area contributed by atoms with Crippen molar-refractivity contribution >= 4 is 11.6 Å². The van der Waals surface area contributed by atoms with Gasteiger partial charge in [0.15, 0.2) is 0 Å². The third kappa shape index (κ3) is 3.21. The quantitative estimate of drug-likeness (QED) is 0.890. The molecule has 0 aliphatic carbocycles. The van der Waals surface area contributed by atoms with E-state index in [1.807, 2.05) is 6.07 Å². The Hall–Kier alpha value is -1.55. The number of nitrogens with one attached hydrogen (secondary N) is 2. The highest BCUT2D eigenvalue weighted by molar-refractivity contribution is 5.85. The molecule has 4 nitrogen and oxygen atoms in total. The van der Waals surface area contributed by atoms with E-state index in [-0.39, 0.29) is 11.9 Å². The van der Waals surface area contributed by atoms with Gasteiger partial charge in [-0.1, -0.05) is 25.1 Å². The van der Waals surface area contributed by atoms with E-state index >= 15 is 0 Å². The smallest absolute Gasteiger partial charge is 0.242 e. The van der Waals surface area contributed by atoms with Crippen LogP contribution in [-0.4, -0.2) is 42.5 Å². The van der Waals surface area contributed by atoms with Gasteiger partial charge in [-0.15, -0.1) is 0 Å². The van der Waals surface area contributed by atoms with Gasteiger partial charge in [0.1, 0.15) is 6.04 Å². The molecule has 1 saturated heterocycles. The van der Waals surface area contributed by atoms with Crippen LogP contribution >= 0.6 is 0 Å². The van der Waals surface area contributed by atoms with Gasteiger partial charge in [-0.2, -0.15) is 0 Å². The van der Waals surface area contributed by atoms with Crippen LogP contribution in [0.3, 0.4) is 0 Å². The molecule has 0 radical (unpaired) electrons. The van der Waals surface area contributed by atoms with Gasteiger partial charge in [-0.3, -0.25) is 9.69 Å². The highest BCUT2D eigenvalue weighted by atomic mass is 16.2. The van der Waals surface area contributed by atoms with Crippen LogP contribution in [0.4, 0.5) is 5.69 Å². The molecular weight excluding hydrogens is 262 g/mol. The number of hydrogen-bond acceptors (Lipinski definition) is 3. The van der Waals surface area contributed by atoms with Gasteiger partial charge in [0.25, 0.3) is 0 Å². The minimum atomic E-state index is -0.0867. The minimum Gasteiger partial charge on any atom is -0.373 e. The van der Waals surface area contributed by atoms with Crippen LogP contribution in [0.5, 0.6) is 0 Å². The molecule has 21 heavy (non-hydrogen) atoms. The lowest BCUT2D eigenvalue weighted by atomic mass is 9.97. The van der Waals surface area contributed by atoms with Crippen molar-refractivity contribution in [1.29, 1.82) is 0 Å². The van der Waals surface area contributed by atoms with Crippen molar-refractivity contribution < 1.29 is 4.79 Å². The largest absolute Gasteiger partial charge is 0.373 e. The summed E-state index contributed by atoms with van der Waals surface area (Å²) >= 11 is 0. The summed E-state index contributed by atoms with van der Waals surface area (Å²) in [6.07, 6.45) is 4.31. The Morgan fingerprint density at radius 3 is 3.10 bits per heavy atom. The molecule has 114 valence electrons. The second kappa shape index (κ2) is 6.48. The number of likely N-dealkylation sites (N-methyl/N-ethyl adjacent to an activating group) is 1. The van der Waals surface area contributed by atoms with Crippen LogP contribution < -0.4 is 10.6 Å². The molecule has 1 fully saturated rings. The average Bonchev–Trinajstić information content (AvgIpc) is 2.99. The molecule has 1 aromatic carbocycles. The Balaban J connectivity index is 1.52. The lowest BCUT2D eigenvalue weighted by Gasteiger charge is -2.28. The van der Waals surface area contributed by atoms with Gasteiger partial charge in [0, 0.05) is 18.3 Å². The van der Waals surface area contributed by atoms with Gasteiger partial charge >= 0.3 is 0 Å². The summed E-state index contributed by atoms with van der Waals surface area (Å²) in [6.45, 7) is 5.23. The van der Waals surface area contributed by atoms with Gasteiger partial charge in [-0.05, 0) is 50.4 Å². The maximum absolute atomic E-state index is 12.4. The number of para-hydroxylation sites is 1. The van der Waals surface area contributed by atoms with Crippen molar-refractivity contribution in [2.45, 2.75) is 44.7 Å². The summed E-state index contributed by atoms with van der Waals surface area (Å²) in [5.74, 6) is 0.146. The number of carbonyl (C=O) groups is 1. The molecule has 2 atom stereocenters. The van der Waals surface area contributed by atoms with E-state index in [0.717, 1.165) is 31.6 Å². The van der Waals surface area contributed by atoms with Crippen molar-refractivity contribution in [3.05, 3.63) is 29.8 Å². The molecule has 4 heteroatoms. The van der Waals surface area contributed by atoms with Crippen LogP contribution in [0.15, 0.2) is 24.3 Å². The second-order valence-electron chi connectivity index (χ2n) is 6.06. The number of amides is 1. The first-order valence-corrected chi connectivity index (χ1v) is 8.14. The lowest BCUT2D eigenvalue weighted by Crippen LogP contribution is -2.46. The zero-order valence-electron chi connectivity index (χ0n) is 12.8. The molecule has 0 spiro atoms. The monoisotopic (exact) mass is 287 g/mol. The Kier molecular flexibility index (Phi) is 4.44. The molecular formula is C17H25N3O. The van der Waals surface area contributed by atoms with Crippen molar-refractivity contribution in [2.75, 3.05) is 25.0 Å². The van der Waals surface area contributed by atoms with E-state index in [2.05, 4.69) is 40.7 Å². The number of likely N-dealkylation sites (tertiary alicyclic amines) is 1. The third-order valence-electron chi connectivity index (χ3n) is 4.78. The van der Waals surface area contributed by atoms with E-state index in [1.165, 1.54) is 24.9 Å². The van der Waals surface area contributed by atoms with Gasteiger partial charge < -0.3 is 10.6 Å². The molecule has 0 bridgehead atoms. The first-order chi connectivity index (χ1) is 10.3. The number of aryl methyl sites for hydroxylation is 1. The topological polar surface area (TPSA) is 44.4 Å². The number of rotatable bonds is 4. The fourth-order valence-electron chi connectivity index (χ4n) is 3.52. The SMILES string of the molecule is CCN1CCCC1CNC(=O)C1CCc2ccccc2N1.